The lowest BCUT2D eigenvalue weighted by Crippen LogP contribution is -2.50. The lowest BCUT2D eigenvalue weighted by molar-refractivity contribution is -0.128. The summed E-state index contributed by atoms with van der Waals surface area (Å²) in [4.78, 5) is 15.5. The maximum atomic E-state index is 13.5. The highest BCUT2D eigenvalue weighted by Crippen LogP contribution is 2.25. The molecular formula is C27H35FN2O2. The van der Waals surface area contributed by atoms with E-state index in [1.807, 2.05) is 6.07 Å². The van der Waals surface area contributed by atoms with Crippen molar-refractivity contribution in [2.75, 3.05) is 26.2 Å². The summed E-state index contributed by atoms with van der Waals surface area (Å²) in [7, 11) is 0. The topological polar surface area (TPSA) is 41.6 Å². The molecule has 172 valence electrons. The van der Waals surface area contributed by atoms with Gasteiger partial charge in [0, 0.05) is 37.7 Å². The molecule has 1 saturated carbocycles. The van der Waals surface area contributed by atoms with E-state index in [1.165, 1.54) is 37.0 Å². The quantitative estimate of drug-likeness (QED) is 0.642. The van der Waals surface area contributed by atoms with E-state index in [9.17, 15) is 9.18 Å². The van der Waals surface area contributed by atoms with E-state index in [-0.39, 0.29) is 23.6 Å². The zero-order valence-electron chi connectivity index (χ0n) is 18.8. The summed E-state index contributed by atoms with van der Waals surface area (Å²) in [5.74, 6) is 0.666. The number of carbonyl (C=O) groups excluding carboxylic acids is 1. The maximum Gasteiger partial charge on any atom is 0.224 e. The number of halogens is 1. The molecule has 2 fully saturated rings. The van der Waals surface area contributed by atoms with Crippen molar-refractivity contribution < 1.29 is 13.9 Å². The summed E-state index contributed by atoms with van der Waals surface area (Å²) in [6.45, 7) is 3.11. The molecule has 2 aromatic carbocycles. The minimum absolute atomic E-state index is 0.0254. The van der Waals surface area contributed by atoms with Crippen molar-refractivity contribution >= 4 is 5.91 Å². The summed E-state index contributed by atoms with van der Waals surface area (Å²) in [6, 6.07) is 17.1. The van der Waals surface area contributed by atoms with Gasteiger partial charge in [-0.3, -0.25) is 4.79 Å². The van der Waals surface area contributed by atoms with Gasteiger partial charge in [-0.2, -0.15) is 0 Å². The number of carbonyl (C=O) groups is 1. The molecule has 1 saturated heterocycles. The van der Waals surface area contributed by atoms with Crippen molar-refractivity contribution in [1.82, 2.24) is 10.2 Å². The van der Waals surface area contributed by atoms with Crippen LogP contribution in [-0.4, -0.2) is 43.1 Å². The Morgan fingerprint density at radius 3 is 2.62 bits per heavy atom. The van der Waals surface area contributed by atoms with Crippen LogP contribution in [-0.2, 0) is 11.2 Å². The van der Waals surface area contributed by atoms with Gasteiger partial charge in [-0.05, 0) is 43.4 Å². The third kappa shape index (κ3) is 6.80. The largest absolute Gasteiger partial charge is 0.493 e. The predicted molar refractivity (Wildman–Crippen MR) is 125 cm³/mol. The molecule has 1 aliphatic heterocycles. The number of ether oxygens (including phenoxy) is 1. The van der Waals surface area contributed by atoms with Crippen LogP contribution in [0, 0.1) is 17.7 Å². The SMILES string of the molecule is O=C(NC1CCCCC1)[C@@H]1C[C@H](COc2cccc(F)c2)CN(CCc2ccccc2)C1. The Labute approximate surface area is 191 Å². The monoisotopic (exact) mass is 438 g/mol. The fourth-order valence-electron chi connectivity index (χ4n) is 5.06. The van der Waals surface area contributed by atoms with Gasteiger partial charge >= 0.3 is 0 Å². The van der Waals surface area contributed by atoms with Gasteiger partial charge in [-0.25, -0.2) is 4.39 Å². The molecule has 1 aliphatic carbocycles. The fourth-order valence-corrected chi connectivity index (χ4v) is 5.06. The highest BCUT2D eigenvalue weighted by molar-refractivity contribution is 5.79. The number of piperidine rings is 1. The zero-order chi connectivity index (χ0) is 22.2. The van der Waals surface area contributed by atoms with Gasteiger partial charge in [0.05, 0.1) is 12.5 Å². The molecular weight excluding hydrogens is 403 g/mol. The number of amides is 1. The van der Waals surface area contributed by atoms with Crippen molar-refractivity contribution in [2.24, 2.45) is 11.8 Å². The molecule has 2 atom stereocenters. The summed E-state index contributed by atoms with van der Waals surface area (Å²) in [5, 5.41) is 3.33. The molecule has 2 aromatic rings. The normalized spacial score (nSPS) is 22.4. The van der Waals surface area contributed by atoms with E-state index in [4.69, 9.17) is 4.74 Å². The van der Waals surface area contributed by atoms with Crippen LogP contribution in [0.25, 0.3) is 0 Å². The summed E-state index contributed by atoms with van der Waals surface area (Å²) in [6.07, 6.45) is 7.68. The molecule has 5 heteroatoms. The number of nitrogens with zero attached hydrogens (tertiary/aromatic N) is 1. The van der Waals surface area contributed by atoms with Crippen LogP contribution < -0.4 is 10.1 Å². The summed E-state index contributed by atoms with van der Waals surface area (Å²) >= 11 is 0. The number of hydrogen-bond donors (Lipinski definition) is 1. The number of hydrogen-bond acceptors (Lipinski definition) is 3. The van der Waals surface area contributed by atoms with Gasteiger partial charge in [-0.1, -0.05) is 55.7 Å². The van der Waals surface area contributed by atoms with Crippen molar-refractivity contribution in [3.05, 3.63) is 66.0 Å². The number of rotatable bonds is 8. The highest BCUT2D eigenvalue weighted by atomic mass is 19.1. The van der Waals surface area contributed by atoms with E-state index in [0.717, 1.165) is 45.3 Å². The van der Waals surface area contributed by atoms with Crippen LogP contribution in [0.3, 0.4) is 0 Å². The van der Waals surface area contributed by atoms with Crippen molar-refractivity contribution in [3.8, 4) is 5.75 Å². The lowest BCUT2D eigenvalue weighted by atomic mass is 9.87. The number of likely N-dealkylation sites (tertiary alicyclic amines) is 1. The van der Waals surface area contributed by atoms with Crippen LogP contribution in [0.4, 0.5) is 4.39 Å². The van der Waals surface area contributed by atoms with E-state index < -0.39 is 0 Å². The average Bonchev–Trinajstić information content (AvgIpc) is 2.83. The zero-order valence-corrected chi connectivity index (χ0v) is 18.8. The second kappa shape index (κ2) is 11.5. The molecule has 0 unspecified atom stereocenters. The molecule has 1 heterocycles. The average molecular weight is 439 g/mol. The molecule has 0 aromatic heterocycles. The minimum atomic E-state index is -0.291. The van der Waals surface area contributed by atoms with Crippen LogP contribution in [0.1, 0.15) is 44.1 Å². The first kappa shape index (κ1) is 22.8. The van der Waals surface area contributed by atoms with Gasteiger partial charge in [0.15, 0.2) is 0 Å². The molecule has 0 spiro atoms. The molecule has 0 radical (unpaired) electrons. The molecule has 4 nitrogen and oxygen atoms in total. The second-order valence-electron chi connectivity index (χ2n) is 9.41. The Balaban J connectivity index is 1.37. The predicted octanol–water partition coefficient (Wildman–Crippen LogP) is 4.83. The second-order valence-corrected chi connectivity index (χ2v) is 9.41. The van der Waals surface area contributed by atoms with Gasteiger partial charge in [0.2, 0.25) is 5.91 Å². The Hall–Kier alpha value is -2.40. The summed E-state index contributed by atoms with van der Waals surface area (Å²) in [5.41, 5.74) is 1.31. The number of benzene rings is 2. The molecule has 1 N–H and O–H groups in total. The first-order valence-corrected chi connectivity index (χ1v) is 12.1. The van der Waals surface area contributed by atoms with Crippen LogP contribution >= 0.6 is 0 Å². The Bertz CT molecular complexity index is 854. The standard InChI is InChI=1S/C27H35FN2O2/c28-24-10-7-13-26(17-24)32-20-22-16-23(27(31)29-25-11-5-2-6-12-25)19-30(18-22)15-14-21-8-3-1-4-9-21/h1,3-4,7-10,13,17,22-23,25H,2,5-6,11-12,14-16,18-20H2,(H,29,31)/t22-,23+/m0/s1. The minimum Gasteiger partial charge on any atom is -0.493 e. The van der Waals surface area contributed by atoms with E-state index in [0.29, 0.717) is 18.4 Å². The Morgan fingerprint density at radius 1 is 1.03 bits per heavy atom. The van der Waals surface area contributed by atoms with Gasteiger partial charge < -0.3 is 15.0 Å². The van der Waals surface area contributed by atoms with Gasteiger partial charge in [0.1, 0.15) is 11.6 Å². The smallest absolute Gasteiger partial charge is 0.224 e. The van der Waals surface area contributed by atoms with Crippen LogP contribution in [0.2, 0.25) is 0 Å². The lowest BCUT2D eigenvalue weighted by Gasteiger charge is -2.38. The Kier molecular flexibility index (Phi) is 8.16. The third-order valence-electron chi connectivity index (χ3n) is 6.78. The maximum absolute atomic E-state index is 13.5. The third-order valence-corrected chi connectivity index (χ3v) is 6.78. The van der Waals surface area contributed by atoms with Crippen molar-refractivity contribution in [3.63, 3.8) is 0 Å². The van der Waals surface area contributed by atoms with Crippen molar-refractivity contribution in [2.45, 2.75) is 51.0 Å². The molecule has 2 aliphatic rings. The molecule has 4 rings (SSSR count). The molecule has 1 amide bonds. The van der Waals surface area contributed by atoms with Crippen LogP contribution in [0.15, 0.2) is 54.6 Å². The molecule has 0 bridgehead atoms. The van der Waals surface area contributed by atoms with E-state index >= 15 is 0 Å². The number of nitrogens with one attached hydrogen (secondary N) is 1. The van der Waals surface area contributed by atoms with E-state index in [1.54, 1.807) is 12.1 Å². The van der Waals surface area contributed by atoms with Gasteiger partial charge in [-0.15, -0.1) is 0 Å². The van der Waals surface area contributed by atoms with Crippen LogP contribution in [0.5, 0.6) is 5.75 Å². The highest BCUT2D eigenvalue weighted by Gasteiger charge is 2.33. The van der Waals surface area contributed by atoms with Crippen molar-refractivity contribution in [1.29, 1.82) is 0 Å². The van der Waals surface area contributed by atoms with Gasteiger partial charge in [0.25, 0.3) is 0 Å². The molecule has 32 heavy (non-hydrogen) atoms. The first-order chi connectivity index (χ1) is 15.7. The summed E-state index contributed by atoms with van der Waals surface area (Å²) < 4.78 is 19.4. The Morgan fingerprint density at radius 2 is 1.84 bits per heavy atom. The first-order valence-electron chi connectivity index (χ1n) is 12.1. The van der Waals surface area contributed by atoms with E-state index in [2.05, 4.69) is 34.5 Å². The fraction of sp³-hybridized carbons (Fsp3) is 0.519.